The third-order valence-electron chi connectivity index (χ3n) is 4.56. The third-order valence-corrected chi connectivity index (χ3v) is 4.56. The van der Waals surface area contributed by atoms with Crippen LogP contribution in [0.3, 0.4) is 0 Å². The van der Waals surface area contributed by atoms with E-state index in [1.54, 1.807) is 24.3 Å². The normalized spacial score (nSPS) is 10.6. The Morgan fingerprint density at radius 3 is 2.24 bits per heavy atom. The van der Waals surface area contributed by atoms with Crippen LogP contribution < -0.4 is 14.9 Å². The lowest BCUT2D eigenvalue weighted by Gasteiger charge is -2.10. The van der Waals surface area contributed by atoms with Crippen molar-refractivity contribution in [3.05, 3.63) is 99.1 Å². The van der Waals surface area contributed by atoms with E-state index in [4.69, 9.17) is 9.47 Å². The van der Waals surface area contributed by atoms with Crippen molar-refractivity contribution in [1.82, 2.24) is 5.43 Å². The van der Waals surface area contributed by atoms with Crippen LogP contribution in [0.1, 0.15) is 27.0 Å². The van der Waals surface area contributed by atoms with Crippen LogP contribution >= 0.6 is 0 Å². The van der Waals surface area contributed by atoms with Crippen LogP contribution in [-0.2, 0) is 4.79 Å². The summed E-state index contributed by atoms with van der Waals surface area (Å²) in [4.78, 5) is 34.2. The van der Waals surface area contributed by atoms with Gasteiger partial charge in [0.2, 0.25) is 0 Å². The number of carbonyl (C=O) groups is 2. The molecule has 0 radical (unpaired) electrons. The van der Waals surface area contributed by atoms with E-state index in [9.17, 15) is 19.7 Å². The minimum atomic E-state index is -0.637. The highest BCUT2D eigenvalue weighted by Gasteiger charge is 2.11. The summed E-state index contributed by atoms with van der Waals surface area (Å²) in [6.07, 6.45) is 1.44. The number of nitrogens with zero attached hydrogens (tertiary/aromatic N) is 2. The van der Waals surface area contributed by atoms with E-state index in [1.807, 2.05) is 32.0 Å². The van der Waals surface area contributed by atoms with Crippen molar-refractivity contribution < 1.29 is 24.0 Å². The highest BCUT2D eigenvalue weighted by atomic mass is 16.6. The SMILES string of the molecule is Cc1cccc(C)c1OCC(=O)N/N=C/c1ccc(OC(=O)c2ccc([N+](=O)[O-])cc2)cc1. The van der Waals surface area contributed by atoms with Crippen molar-refractivity contribution in [2.24, 2.45) is 5.10 Å². The van der Waals surface area contributed by atoms with E-state index in [-0.39, 0.29) is 17.9 Å². The lowest BCUT2D eigenvalue weighted by Crippen LogP contribution is -2.25. The van der Waals surface area contributed by atoms with E-state index in [0.717, 1.165) is 11.1 Å². The molecule has 0 atom stereocenters. The van der Waals surface area contributed by atoms with Crippen molar-refractivity contribution in [2.45, 2.75) is 13.8 Å². The van der Waals surface area contributed by atoms with Gasteiger partial charge in [-0.15, -0.1) is 0 Å². The zero-order valence-corrected chi connectivity index (χ0v) is 18.0. The topological polar surface area (TPSA) is 120 Å². The molecule has 0 aromatic heterocycles. The van der Waals surface area contributed by atoms with Crippen LogP contribution in [0.4, 0.5) is 5.69 Å². The predicted molar refractivity (Wildman–Crippen MR) is 122 cm³/mol. The van der Waals surface area contributed by atoms with E-state index in [0.29, 0.717) is 17.1 Å². The quantitative estimate of drug-likeness (QED) is 0.183. The number of esters is 1. The summed E-state index contributed by atoms with van der Waals surface area (Å²) in [6.45, 7) is 3.65. The summed E-state index contributed by atoms with van der Waals surface area (Å²) in [5.41, 5.74) is 5.03. The van der Waals surface area contributed by atoms with Gasteiger partial charge in [0.05, 0.1) is 16.7 Å². The van der Waals surface area contributed by atoms with Crippen LogP contribution in [0.5, 0.6) is 11.5 Å². The molecule has 0 heterocycles. The average molecular weight is 447 g/mol. The summed E-state index contributed by atoms with van der Waals surface area (Å²) in [5.74, 6) is -0.0675. The maximum Gasteiger partial charge on any atom is 0.343 e. The maximum atomic E-state index is 12.2. The number of carbonyl (C=O) groups excluding carboxylic acids is 2. The van der Waals surface area contributed by atoms with Gasteiger partial charge in [0, 0.05) is 12.1 Å². The van der Waals surface area contributed by atoms with Gasteiger partial charge in [-0.1, -0.05) is 18.2 Å². The van der Waals surface area contributed by atoms with Gasteiger partial charge in [-0.25, -0.2) is 10.2 Å². The van der Waals surface area contributed by atoms with Crippen molar-refractivity contribution in [2.75, 3.05) is 6.61 Å². The highest BCUT2D eigenvalue weighted by Crippen LogP contribution is 2.22. The molecule has 33 heavy (non-hydrogen) atoms. The molecule has 9 heteroatoms. The molecule has 0 fully saturated rings. The first-order valence-electron chi connectivity index (χ1n) is 9.91. The number of rotatable bonds is 8. The number of non-ortho nitro benzene ring substituents is 1. The van der Waals surface area contributed by atoms with Gasteiger partial charge >= 0.3 is 5.97 Å². The van der Waals surface area contributed by atoms with Gasteiger partial charge in [-0.2, -0.15) is 5.10 Å². The molecule has 168 valence electrons. The number of hydrazone groups is 1. The first-order valence-corrected chi connectivity index (χ1v) is 9.91. The first-order chi connectivity index (χ1) is 15.8. The molecular formula is C24H21N3O6. The molecule has 0 aliphatic carbocycles. The number of ether oxygens (including phenoxy) is 2. The molecule has 0 unspecified atom stereocenters. The molecule has 0 saturated heterocycles. The molecular weight excluding hydrogens is 426 g/mol. The van der Waals surface area contributed by atoms with Crippen molar-refractivity contribution in [3.8, 4) is 11.5 Å². The molecule has 0 bridgehead atoms. The molecule has 3 aromatic carbocycles. The fourth-order valence-electron chi connectivity index (χ4n) is 2.88. The number of aryl methyl sites for hydroxylation is 2. The monoisotopic (exact) mass is 447 g/mol. The minimum Gasteiger partial charge on any atom is -0.483 e. The predicted octanol–water partition coefficient (Wildman–Crippen LogP) is 3.96. The molecule has 0 spiro atoms. The number of benzene rings is 3. The summed E-state index contributed by atoms with van der Waals surface area (Å²) < 4.78 is 10.8. The minimum absolute atomic E-state index is 0.112. The van der Waals surface area contributed by atoms with Crippen LogP contribution in [0.2, 0.25) is 0 Å². The van der Waals surface area contributed by atoms with Gasteiger partial charge in [0.25, 0.3) is 11.6 Å². The highest BCUT2D eigenvalue weighted by molar-refractivity contribution is 5.91. The molecule has 0 aliphatic heterocycles. The van der Waals surface area contributed by atoms with Crippen LogP contribution in [0.15, 0.2) is 71.8 Å². The van der Waals surface area contributed by atoms with Crippen molar-refractivity contribution in [3.63, 3.8) is 0 Å². The second kappa shape index (κ2) is 10.7. The van der Waals surface area contributed by atoms with E-state index in [2.05, 4.69) is 10.5 Å². The Bertz CT molecular complexity index is 1170. The summed E-state index contributed by atoms with van der Waals surface area (Å²) in [6, 6.07) is 17.3. The third kappa shape index (κ3) is 6.47. The Labute approximate surface area is 189 Å². The van der Waals surface area contributed by atoms with Crippen molar-refractivity contribution >= 4 is 23.8 Å². The zero-order chi connectivity index (χ0) is 23.8. The number of nitro benzene ring substituents is 1. The summed E-state index contributed by atoms with van der Waals surface area (Å²) in [7, 11) is 0. The van der Waals surface area contributed by atoms with Crippen LogP contribution in [-0.4, -0.2) is 29.6 Å². The summed E-state index contributed by atoms with van der Waals surface area (Å²) >= 11 is 0. The van der Waals surface area contributed by atoms with Gasteiger partial charge in [0.15, 0.2) is 6.61 Å². The fourth-order valence-corrected chi connectivity index (χ4v) is 2.88. The zero-order valence-electron chi connectivity index (χ0n) is 18.0. The fraction of sp³-hybridized carbons (Fsp3) is 0.125. The molecule has 1 amide bonds. The molecule has 3 aromatic rings. The number of nitro groups is 1. The van der Waals surface area contributed by atoms with E-state index >= 15 is 0 Å². The van der Waals surface area contributed by atoms with E-state index < -0.39 is 16.8 Å². The smallest absolute Gasteiger partial charge is 0.343 e. The Morgan fingerprint density at radius 1 is 1.00 bits per heavy atom. The van der Waals surface area contributed by atoms with Crippen LogP contribution in [0.25, 0.3) is 0 Å². The van der Waals surface area contributed by atoms with Gasteiger partial charge in [0.1, 0.15) is 11.5 Å². The number of hydrogen-bond acceptors (Lipinski definition) is 7. The standard InChI is InChI=1S/C24H21N3O6/c1-16-4-3-5-17(2)23(16)32-15-22(28)26-25-14-18-6-12-21(13-7-18)33-24(29)19-8-10-20(11-9-19)27(30)31/h3-14H,15H2,1-2H3,(H,26,28)/b25-14+. The molecule has 3 rings (SSSR count). The lowest BCUT2D eigenvalue weighted by molar-refractivity contribution is -0.384. The van der Waals surface area contributed by atoms with E-state index in [1.165, 1.54) is 30.5 Å². The number of amides is 1. The first kappa shape index (κ1) is 23.1. The lowest BCUT2D eigenvalue weighted by atomic mass is 10.1. The Kier molecular flexibility index (Phi) is 7.48. The molecule has 9 nitrogen and oxygen atoms in total. The number of hydrogen-bond donors (Lipinski definition) is 1. The molecule has 1 N–H and O–H groups in total. The van der Waals surface area contributed by atoms with Gasteiger partial charge in [-0.3, -0.25) is 14.9 Å². The number of nitrogens with one attached hydrogen (secondary N) is 1. The van der Waals surface area contributed by atoms with Crippen molar-refractivity contribution in [1.29, 1.82) is 0 Å². The second-order valence-corrected chi connectivity index (χ2v) is 7.07. The maximum absolute atomic E-state index is 12.2. The number of para-hydroxylation sites is 1. The largest absolute Gasteiger partial charge is 0.483 e. The average Bonchev–Trinajstić information content (AvgIpc) is 2.80. The Hall–Kier alpha value is -4.53. The molecule has 0 saturated carbocycles. The Morgan fingerprint density at radius 2 is 1.64 bits per heavy atom. The Balaban J connectivity index is 1.49. The second-order valence-electron chi connectivity index (χ2n) is 7.07. The summed E-state index contributed by atoms with van der Waals surface area (Å²) in [5, 5.41) is 14.6. The molecule has 0 aliphatic rings. The van der Waals surface area contributed by atoms with Crippen LogP contribution in [0, 0.1) is 24.0 Å². The van der Waals surface area contributed by atoms with Gasteiger partial charge < -0.3 is 9.47 Å². The van der Waals surface area contributed by atoms with Gasteiger partial charge in [-0.05, 0) is 66.9 Å².